The van der Waals surface area contributed by atoms with Gasteiger partial charge in [-0.05, 0) is 55.0 Å². The Hall–Kier alpha value is -1.96. The van der Waals surface area contributed by atoms with Crippen LogP contribution in [-0.2, 0) is 11.0 Å². The van der Waals surface area contributed by atoms with E-state index in [-0.39, 0.29) is 5.41 Å². The second-order valence-electron chi connectivity index (χ2n) is 7.41. The van der Waals surface area contributed by atoms with Gasteiger partial charge in [0.25, 0.3) is 0 Å². The summed E-state index contributed by atoms with van der Waals surface area (Å²) in [6.07, 6.45) is 0.826. The Morgan fingerprint density at radius 1 is 0.909 bits per heavy atom. The largest absolute Gasteiger partial charge is 0.508 e. The molecule has 1 aliphatic heterocycles. The van der Waals surface area contributed by atoms with Crippen LogP contribution in [-0.4, -0.2) is 5.11 Å². The number of phenols is 1. The zero-order chi connectivity index (χ0) is 16.1. The molecule has 0 saturated heterocycles. The van der Waals surface area contributed by atoms with Crippen LogP contribution >= 0.6 is 0 Å². The van der Waals surface area contributed by atoms with Gasteiger partial charge in [-0.1, -0.05) is 38.1 Å². The number of aromatic hydroxyl groups is 1. The summed E-state index contributed by atoms with van der Waals surface area (Å²) in [4.78, 5) is 0. The van der Waals surface area contributed by atoms with Crippen molar-refractivity contribution < 1.29 is 9.84 Å². The quantitative estimate of drug-likeness (QED) is 0.803. The van der Waals surface area contributed by atoms with Gasteiger partial charge in [-0.15, -0.1) is 0 Å². The van der Waals surface area contributed by atoms with Crippen LogP contribution in [0, 0.1) is 13.8 Å². The molecule has 1 N–H and O–H groups in total. The van der Waals surface area contributed by atoms with Crippen LogP contribution in [0.15, 0.2) is 36.4 Å². The maximum Gasteiger partial charge on any atom is 0.136 e. The maximum atomic E-state index is 10.4. The summed E-state index contributed by atoms with van der Waals surface area (Å²) in [7, 11) is 0. The molecular weight excluding hydrogens is 272 g/mol. The van der Waals surface area contributed by atoms with E-state index in [2.05, 4.69) is 45.9 Å². The number of rotatable bonds is 1. The van der Waals surface area contributed by atoms with Crippen molar-refractivity contribution in [2.45, 2.75) is 52.1 Å². The summed E-state index contributed by atoms with van der Waals surface area (Å²) in [5.74, 6) is 1.24. The van der Waals surface area contributed by atoms with Gasteiger partial charge in [0.2, 0.25) is 0 Å². The SMILES string of the molecule is Cc1ccc([C@]2(C)CC(C)(C)c3ccc(C)cc3O2)c(O)c1. The first-order valence-electron chi connectivity index (χ1n) is 7.82. The highest BCUT2D eigenvalue weighted by molar-refractivity contribution is 5.48. The molecule has 2 aromatic carbocycles. The fourth-order valence-electron chi connectivity index (χ4n) is 3.73. The van der Waals surface area contributed by atoms with Gasteiger partial charge in [0.05, 0.1) is 0 Å². The number of hydrogen-bond acceptors (Lipinski definition) is 2. The van der Waals surface area contributed by atoms with E-state index in [1.807, 2.05) is 25.1 Å². The van der Waals surface area contributed by atoms with Gasteiger partial charge in [-0.25, -0.2) is 0 Å². The van der Waals surface area contributed by atoms with Crippen LogP contribution in [0.25, 0.3) is 0 Å². The first kappa shape index (κ1) is 15.0. The Balaban J connectivity index is 2.13. The fourth-order valence-corrected chi connectivity index (χ4v) is 3.73. The normalized spacial score (nSPS) is 22.8. The third-order valence-electron chi connectivity index (χ3n) is 4.70. The number of phenolic OH excluding ortho intramolecular Hbond substituents is 1. The predicted molar refractivity (Wildman–Crippen MR) is 89.6 cm³/mol. The lowest BCUT2D eigenvalue weighted by atomic mass is 9.71. The van der Waals surface area contributed by atoms with Crippen LogP contribution in [0.3, 0.4) is 0 Å². The first-order valence-corrected chi connectivity index (χ1v) is 7.82. The topological polar surface area (TPSA) is 29.5 Å². The van der Waals surface area contributed by atoms with Gasteiger partial charge in [0.15, 0.2) is 0 Å². The molecule has 2 aromatic rings. The average Bonchev–Trinajstić information content (AvgIpc) is 2.35. The molecule has 0 bridgehead atoms. The zero-order valence-corrected chi connectivity index (χ0v) is 14.0. The fraction of sp³-hybridized carbons (Fsp3) is 0.400. The van der Waals surface area contributed by atoms with Crippen molar-refractivity contribution in [3.63, 3.8) is 0 Å². The molecular formula is C20H24O2. The van der Waals surface area contributed by atoms with Crippen LogP contribution in [0.4, 0.5) is 0 Å². The third kappa shape index (κ3) is 2.37. The summed E-state index contributed by atoms with van der Waals surface area (Å²) >= 11 is 0. The Labute approximate surface area is 132 Å². The Kier molecular flexibility index (Phi) is 3.24. The van der Waals surface area contributed by atoms with Gasteiger partial charge in [-0.2, -0.15) is 0 Å². The van der Waals surface area contributed by atoms with Crippen LogP contribution in [0.2, 0.25) is 0 Å². The van der Waals surface area contributed by atoms with Gasteiger partial charge in [-0.3, -0.25) is 0 Å². The summed E-state index contributed by atoms with van der Waals surface area (Å²) in [6, 6.07) is 12.2. The monoisotopic (exact) mass is 296 g/mol. The van der Waals surface area contributed by atoms with E-state index >= 15 is 0 Å². The van der Waals surface area contributed by atoms with Crippen LogP contribution in [0.1, 0.15) is 49.4 Å². The summed E-state index contributed by atoms with van der Waals surface area (Å²) in [6.45, 7) is 10.6. The van der Waals surface area contributed by atoms with E-state index in [1.54, 1.807) is 0 Å². The summed E-state index contributed by atoms with van der Waals surface area (Å²) < 4.78 is 6.38. The van der Waals surface area contributed by atoms with Gasteiger partial charge < -0.3 is 9.84 Å². The number of fused-ring (bicyclic) bond motifs is 1. The van der Waals surface area contributed by atoms with Crippen molar-refractivity contribution in [1.82, 2.24) is 0 Å². The lowest BCUT2D eigenvalue weighted by Crippen LogP contribution is -2.41. The van der Waals surface area contributed by atoms with Gasteiger partial charge >= 0.3 is 0 Å². The highest BCUT2D eigenvalue weighted by Crippen LogP contribution is 2.50. The highest BCUT2D eigenvalue weighted by Gasteiger charge is 2.44. The van der Waals surface area contributed by atoms with E-state index in [0.717, 1.165) is 23.3 Å². The van der Waals surface area contributed by atoms with E-state index in [1.165, 1.54) is 11.1 Å². The van der Waals surface area contributed by atoms with E-state index in [4.69, 9.17) is 4.74 Å². The van der Waals surface area contributed by atoms with Crippen molar-refractivity contribution >= 4 is 0 Å². The number of hydrogen-bond donors (Lipinski definition) is 1. The molecule has 0 radical (unpaired) electrons. The molecule has 0 saturated carbocycles. The minimum Gasteiger partial charge on any atom is -0.508 e. The smallest absolute Gasteiger partial charge is 0.136 e. The molecule has 3 rings (SSSR count). The van der Waals surface area contributed by atoms with Crippen molar-refractivity contribution in [2.75, 3.05) is 0 Å². The molecule has 0 spiro atoms. The molecule has 0 amide bonds. The Bertz CT molecular complexity index is 730. The lowest BCUT2D eigenvalue weighted by molar-refractivity contribution is 0.0304. The molecule has 116 valence electrons. The molecule has 1 atom stereocenters. The Morgan fingerprint density at radius 2 is 1.50 bits per heavy atom. The van der Waals surface area contributed by atoms with Crippen molar-refractivity contribution in [1.29, 1.82) is 0 Å². The summed E-state index contributed by atoms with van der Waals surface area (Å²) in [5, 5.41) is 10.4. The summed E-state index contributed by atoms with van der Waals surface area (Å²) in [5.41, 5.74) is 3.80. The minimum atomic E-state index is -0.526. The van der Waals surface area contributed by atoms with Crippen molar-refractivity contribution in [2.24, 2.45) is 0 Å². The van der Waals surface area contributed by atoms with E-state index in [9.17, 15) is 5.11 Å². The first-order chi connectivity index (χ1) is 10.2. The predicted octanol–water partition coefficient (Wildman–Crippen LogP) is 4.98. The zero-order valence-electron chi connectivity index (χ0n) is 14.0. The molecule has 1 aliphatic rings. The van der Waals surface area contributed by atoms with Gasteiger partial charge in [0, 0.05) is 12.0 Å². The molecule has 0 aromatic heterocycles. The average molecular weight is 296 g/mol. The molecule has 0 unspecified atom stereocenters. The van der Waals surface area contributed by atoms with Crippen molar-refractivity contribution in [3.8, 4) is 11.5 Å². The second-order valence-corrected chi connectivity index (χ2v) is 7.41. The van der Waals surface area contributed by atoms with Crippen LogP contribution < -0.4 is 4.74 Å². The van der Waals surface area contributed by atoms with Crippen molar-refractivity contribution in [3.05, 3.63) is 58.7 Å². The Morgan fingerprint density at radius 3 is 2.14 bits per heavy atom. The van der Waals surface area contributed by atoms with Crippen LogP contribution in [0.5, 0.6) is 11.5 Å². The number of aryl methyl sites for hydroxylation is 2. The number of benzene rings is 2. The molecule has 0 fully saturated rings. The molecule has 0 aliphatic carbocycles. The van der Waals surface area contributed by atoms with E-state index in [0.29, 0.717) is 5.75 Å². The molecule has 1 heterocycles. The van der Waals surface area contributed by atoms with Gasteiger partial charge in [0.1, 0.15) is 17.1 Å². The lowest BCUT2D eigenvalue weighted by Gasteiger charge is -2.44. The molecule has 2 nitrogen and oxygen atoms in total. The molecule has 22 heavy (non-hydrogen) atoms. The minimum absolute atomic E-state index is 0.00659. The number of ether oxygens (including phenoxy) is 1. The molecule has 2 heteroatoms. The standard InChI is InChI=1S/C20H24O2/c1-13-6-8-15(17(21)10-13)20(5)12-19(3,4)16-9-7-14(2)11-18(16)22-20/h6-11,21H,12H2,1-5H3/t20-/m0/s1. The third-order valence-corrected chi connectivity index (χ3v) is 4.70. The second kappa shape index (κ2) is 4.77. The highest BCUT2D eigenvalue weighted by atomic mass is 16.5. The van der Waals surface area contributed by atoms with E-state index < -0.39 is 5.60 Å². The maximum absolute atomic E-state index is 10.4.